The third-order valence-corrected chi connectivity index (χ3v) is 3.59. The molecule has 1 N–H and O–H groups in total. The summed E-state index contributed by atoms with van der Waals surface area (Å²) in [4.78, 5) is 0. The monoisotopic (exact) mass is 313 g/mol. The van der Waals surface area contributed by atoms with Gasteiger partial charge in [-0.05, 0) is 18.2 Å². The van der Waals surface area contributed by atoms with Gasteiger partial charge in [-0.15, -0.1) is 0 Å². The molecular formula is C15H14Cl2FNO. The molecule has 0 spiro atoms. The molecule has 20 heavy (non-hydrogen) atoms. The SMILES string of the molecule is COc1cccc(Cl)c1CNCc1cccc(Cl)c1F. The van der Waals surface area contributed by atoms with Crippen molar-refractivity contribution >= 4 is 23.2 Å². The van der Waals surface area contributed by atoms with Gasteiger partial charge >= 0.3 is 0 Å². The van der Waals surface area contributed by atoms with Gasteiger partial charge in [-0.1, -0.05) is 41.4 Å². The van der Waals surface area contributed by atoms with Crippen molar-refractivity contribution < 1.29 is 9.13 Å². The van der Waals surface area contributed by atoms with Gasteiger partial charge in [0.05, 0.1) is 12.1 Å². The average molecular weight is 314 g/mol. The molecule has 0 radical (unpaired) electrons. The van der Waals surface area contributed by atoms with Gasteiger partial charge in [-0.25, -0.2) is 4.39 Å². The number of methoxy groups -OCH3 is 1. The van der Waals surface area contributed by atoms with Crippen LogP contribution in [0.1, 0.15) is 11.1 Å². The summed E-state index contributed by atoms with van der Waals surface area (Å²) < 4.78 is 19.0. The van der Waals surface area contributed by atoms with E-state index >= 15 is 0 Å². The Labute approximate surface area is 127 Å². The molecule has 0 saturated carbocycles. The Bertz CT molecular complexity index is 604. The van der Waals surface area contributed by atoms with Crippen LogP contribution >= 0.6 is 23.2 Å². The topological polar surface area (TPSA) is 21.3 Å². The van der Waals surface area contributed by atoms with E-state index in [0.29, 0.717) is 29.4 Å². The average Bonchev–Trinajstić information content (AvgIpc) is 2.45. The van der Waals surface area contributed by atoms with E-state index in [1.165, 1.54) is 6.07 Å². The molecular weight excluding hydrogens is 300 g/mol. The zero-order chi connectivity index (χ0) is 14.5. The van der Waals surface area contributed by atoms with Gasteiger partial charge in [0.15, 0.2) is 0 Å². The first kappa shape index (κ1) is 15.1. The lowest BCUT2D eigenvalue weighted by atomic mass is 10.1. The van der Waals surface area contributed by atoms with Crippen LogP contribution in [0.5, 0.6) is 5.75 Å². The zero-order valence-electron chi connectivity index (χ0n) is 10.9. The second-order valence-electron chi connectivity index (χ2n) is 4.24. The van der Waals surface area contributed by atoms with Gasteiger partial charge in [0.25, 0.3) is 0 Å². The van der Waals surface area contributed by atoms with Crippen molar-refractivity contribution in [3.8, 4) is 5.75 Å². The Kier molecular flexibility index (Phi) is 5.24. The van der Waals surface area contributed by atoms with Crippen LogP contribution in [0.2, 0.25) is 10.0 Å². The van der Waals surface area contributed by atoms with Crippen LogP contribution in [-0.2, 0) is 13.1 Å². The van der Waals surface area contributed by atoms with Crippen molar-refractivity contribution in [2.45, 2.75) is 13.1 Å². The highest BCUT2D eigenvalue weighted by atomic mass is 35.5. The molecule has 2 nitrogen and oxygen atoms in total. The smallest absolute Gasteiger partial charge is 0.146 e. The van der Waals surface area contributed by atoms with Gasteiger partial charge in [-0.3, -0.25) is 0 Å². The maximum Gasteiger partial charge on any atom is 0.146 e. The number of rotatable bonds is 5. The molecule has 0 bridgehead atoms. The van der Waals surface area contributed by atoms with Crippen LogP contribution in [0.4, 0.5) is 4.39 Å². The van der Waals surface area contributed by atoms with Crippen molar-refractivity contribution in [3.63, 3.8) is 0 Å². The molecule has 0 unspecified atom stereocenters. The standard InChI is InChI=1S/C15H14Cl2FNO/c1-20-14-7-3-5-12(16)11(14)9-19-8-10-4-2-6-13(17)15(10)18/h2-7,19H,8-9H2,1H3. The number of hydrogen-bond donors (Lipinski definition) is 1. The third-order valence-electron chi connectivity index (χ3n) is 2.94. The Balaban J connectivity index is 2.05. The van der Waals surface area contributed by atoms with Crippen LogP contribution in [-0.4, -0.2) is 7.11 Å². The minimum Gasteiger partial charge on any atom is -0.496 e. The van der Waals surface area contributed by atoms with Crippen LogP contribution in [0.25, 0.3) is 0 Å². The molecule has 0 aliphatic rings. The Morgan fingerprint density at radius 1 is 1.05 bits per heavy atom. The molecule has 0 saturated heterocycles. The third kappa shape index (κ3) is 3.42. The van der Waals surface area contributed by atoms with Crippen LogP contribution < -0.4 is 10.1 Å². The highest BCUT2D eigenvalue weighted by Crippen LogP contribution is 2.26. The lowest BCUT2D eigenvalue weighted by molar-refractivity contribution is 0.407. The van der Waals surface area contributed by atoms with E-state index in [2.05, 4.69) is 5.32 Å². The summed E-state index contributed by atoms with van der Waals surface area (Å²) in [5.41, 5.74) is 1.36. The van der Waals surface area contributed by atoms with E-state index in [1.54, 1.807) is 25.3 Å². The Hall–Kier alpha value is -1.29. The fraction of sp³-hybridized carbons (Fsp3) is 0.200. The summed E-state index contributed by atoms with van der Waals surface area (Å²) in [6, 6.07) is 10.4. The molecule has 2 aromatic carbocycles. The molecule has 106 valence electrons. The van der Waals surface area contributed by atoms with Gasteiger partial charge in [0.2, 0.25) is 0 Å². The fourth-order valence-corrected chi connectivity index (χ4v) is 2.34. The molecule has 0 aliphatic heterocycles. The maximum atomic E-state index is 13.7. The lowest BCUT2D eigenvalue weighted by Crippen LogP contribution is -2.14. The normalized spacial score (nSPS) is 10.6. The predicted molar refractivity (Wildman–Crippen MR) is 80.0 cm³/mol. The second-order valence-corrected chi connectivity index (χ2v) is 5.05. The van der Waals surface area contributed by atoms with Crippen LogP contribution in [0.3, 0.4) is 0 Å². The number of ether oxygens (including phenoxy) is 1. The molecule has 2 aromatic rings. The quantitative estimate of drug-likeness (QED) is 0.881. The van der Waals surface area contributed by atoms with Crippen molar-refractivity contribution in [2.75, 3.05) is 7.11 Å². The van der Waals surface area contributed by atoms with Crippen LogP contribution in [0, 0.1) is 5.82 Å². The number of benzene rings is 2. The Morgan fingerprint density at radius 2 is 1.75 bits per heavy atom. The fourth-order valence-electron chi connectivity index (χ4n) is 1.91. The Morgan fingerprint density at radius 3 is 2.50 bits per heavy atom. The number of nitrogens with one attached hydrogen (secondary N) is 1. The van der Waals surface area contributed by atoms with Crippen LogP contribution in [0.15, 0.2) is 36.4 Å². The summed E-state index contributed by atoms with van der Waals surface area (Å²) in [5.74, 6) is 0.310. The molecule has 0 fully saturated rings. The summed E-state index contributed by atoms with van der Waals surface area (Å²) in [6.07, 6.45) is 0. The summed E-state index contributed by atoms with van der Waals surface area (Å²) >= 11 is 11.9. The largest absolute Gasteiger partial charge is 0.496 e. The molecule has 2 rings (SSSR count). The van der Waals surface area contributed by atoms with Gasteiger partial charge in [0, 0.05) is 29.2 Å². The molecule has 0 heterocycles. The van der Waals surface area contributed by atoms with Gasteiger partial charge < -0.3 is 10.1 Å². The van der Waals surface area contributed by atoms with Gasteiger partial charge in [0.1, 0.15) is 11.6 Å². The van der Waals surface area contributed by atoms with Gasteiger partial charge in [-0.2, -0.15) is 0 Å². The highest BCUT2D eigenvalue weighted by Gasteiger charge is 2.09. The molecule has 0 aromatic heterocycles. The highest BCUT2D eigenvalue weighted by molar-refractivity contribution is 6.31. The van der Waals surface area contributed by atoms with Crippen molar-refractivity contribution in [2.24, 2.45) is 0 Å². The summed E-state index contributed by atoms with van der Waals surface area (Å²) in [5, 5.41) is 3.88. The van der Waals surface area contributed by atoms with E-state index in [0.717, 1.165) is 5.56 Å². The van der Waals surface area contributed by atoms with Crippen molar-refractivity contribution in [1.82, 2.24) is 5.32 Å². The van der Waals surface area contributed by atoms with E-state index in [4.69, 9.17) is 27.9 Å². The van der Waals surface area contributed by atoms with E-state index in [1.807, 2.05) is 12.1 Å². The molecule has 0 amide bonds. The van der Waals surface area contributed by atoms with Crippen molar-refractivity contribution in [1.29, 1.82) is 0 Å². The zero-order valence-corrected chi connectivity index (χ0v) is 12.4. The first-order valence-corrected chi connectivity index (χ1v) is 6.84. The van der Waals surface area contributed by atoms with E-state index in [9.17, 15) is 4.39 Å². The van der Waals surface area contributed by atoms with Crippen molar-refractivity contribution in [3.05, 3.63) is 63.4 Å². The second kappa shape index (κ2) is 6.93. The van der Waals surface area contributed by atoms with E-state index < -0.39 is 5.82 Å². The first-order valence-electron chi connectivity index (χ1n) is 6.08. The number of hydrogen-bond acceptors (Lipinski definition) is 2. The minimum atomic E-state index is -0.396. The minimum absolute atomic E-state index is 0.125. The first-order chi connectivity index (χ1) is 9.63. The van der Waals surface area contributed by atoms with E-state index in [-0.39, 0.29) is 5.02 Å². The predicted octanol–water partition coefficient (Wildman–Crippen LogP) is 4.43. The molecule has 5 heteroatoms. The number of halogens is 3. The summed E-state index contributed by atoms with van der Waals surface area (Å²) in [7, 11) is 1.59. The molecule has 0 atom stereocenters. The summed E-state index contributed by atoms with van der Waals surface area (Å²) in [6.45, 7) is 0.843. The maximum absolute atomic E-state index is 13.7. The lowest BCUT2D eigenvalue weighted by Gasteiger charge is -2.12. The molecule has 0 aliphatic carbocycles.